The van der Waals surface area contributed by atoms with Crippen molar-refractivity contribution < 1.29 is 14.3 Å². The molecule has 1 amide bonds. The summed E-state index contributed by atoms with van der Waals surface area (Å²) in [6, 6.07) is 13.8. The van der Waals surface area contributed by atoms with Gasteiger partial charge in [0.1, 0.15) is 11.3 Å². The number of hydrogen-bond donors (Lipinski definition) is 2. The number of nitrogens with one attached hydrogen (secondary N) is 1. The van der Waals surface area contributed by atoms with Gasteiger partial charge in [0.05, 0.1) is 6.04 Å². The average molecular weight is 408 g/mol. The highest BCUT2D eigenvalue weighted by atomic mass is 16.4. The smallest absolute Gasteiger partial charge is 0.336 e. The van der Waals surface area contributed by atoms with E-state index in [2.05, 4.69) is 12.2 Å². The van der Waals surface area contributed by atoms with Crippen LogP contribution in [0.4, 0.5) is 5.69 Å². The van der Waals surface area contributed by atoms with Crippen molar-refractivity contribution in [1.29, 1.82) is 0 Å². The van der Waals surface area contributed by atoms with Crippen molar-refractivity contribution in [3.8, 4) is 5.75 Å². The Morgan fingerprint density at radius 3 is 2.53 bits per heavy atom. The molecule has 2 N–H and O–H groups in total. The number of aromatic hydroxyl groups is 1. The van der Waals surface area contributed by atoms with Crippen LogP contribution < -0.4 is 10.9 Å². The van der Waals surface area contributed by atoms with Gasteiger partial charge in [-0.25, -0.2) is 4.79 Å². The number of nitrogens with zero attached hydrogens (tertiary/aromatic N) is 1. The number of anilines is 1. The third kappa shape index (κ3) is 4.89. The number of phenols is 1. The first-order valence-corrected chi connectivity index (χ1v) is 10.3. The minimum Gasteiger partial charge on any atom is -0.508 e. The number of carbonyl (C=O) groups is 1. The molecule has 0 spiro atoms. The molecule has 0 fully saturated rings. The molecule has 1 unspecified atom stereocenters. The van der Waals surface area contributed by atoms with E-state index in [0.29, 0.717) is 25.1 Å². The van der Waals surface area contributed by atoms with Crippen LogP contribution in [0.1, 0.15) is 38.3 Å². The molecule has 3 aromatic rings. The molecule has 6 heteroatoms. The monoisotopic (exact) mass is 408 g/mol. The predicted octanol–water partition coefficient (Wildman–Crippen LogP) is 4.30. The number of aryl methyl sites for hydroxylation is 1. The number of benzene rings is 2. The molecule has 0 radical (unpaired) electrons. The van der Waals surface area contributed by atoms with Gasteiger partial charge >= 0.3 is 5.63 Å². The molecule has 1 heterocycles. The summed E-state index contributed by atoms with van der Waals surface area (Å²) in [5.74, 6) is 0.0140. The van der Waals surface area contributed by atoms with Crippen molar-refractivity contribution in [1.82, 2.24) is 4.90 Å². The standard InChI is InChI=1S/C24H28N2O4/c1-4-11-26(16(3)24(29)25-19-9-7-6-8-10-19)15-18-13-23(28)30-22-14-21(27)17(5-2)12-20(18)22/h6-10,12-14,16,27H,4-5,11,15H2,1-3H3,(H,25,29). The summed E-state index contributed by atoms with van der Waals surface area (Å²) in [7, 11) is 0. The van der Waals surface area contributed by atoms with Crippen molar-refractivity contribution in [2.75, 3.05) is 11.9 Å². The highest BCUT2D eigenvalue weighted by Gasteiger charge is 2.22. The van der Waals surface area contributed by atoms with Gasteiger partial charge in [-0.1, -0.05) is 32.0 Å². The van der Waals surface area contributed by atoms with Gasteiger partial charge in [-0.3, -0.25) is 9.69 Å². The van der Waals surface area contributed by atoms with E-state index in [4.69, 9.17) is 4.42 Å². The number of para-hydroxylation sites is 1. The van der Waals surface area contributed by atoms with E-state index >= 15 is 0 Å². The normalized spacial score (nSPS) is 12.3. The van der Waals surface area contributed by atoms with Crippen LogP contribution in [-0.2, 0) is 17.8 Å². The second-order valence-corrected chi connectivity index (χ2v) is 7.42. The Kier molecular flexibility index (Phi) is 6.90. The second kappa shape index (κ2) is 9.59. The van der Waals surface area contributed by atoms with Gasteiger partial charge in [-0.05, 0) is 55.6 Å². The lowest BCUT2D eigenvalue weighted by molar-refractivity contribution is -0.121. The molecule has 0 aliphatic rings. The Balaban J connectivity index is 1.91. The number of rotatable bonds is 8. The number of hydrogen-bond acceptors (Lipinski definition) is 5. The molecule has 30 heavy (non-hydrogen) atoms. The molecule has 0 saturated heterocycles. The summed E-state index contributed by atoms with van der Waals surface area (Å²) in [6.45, 7) is 7.00. The first-order chi connectivity index (χ1) is 14.4. The van der Waals surface area contributed by atoms with E-state index in [1.807, 2.05) is 55.1 Å². The van der Waals surface area contributed by atoms with Crippen LogP contribution in [-0.4, -0.2) is 28.5 Å². The van der Waals surface area contributed by atoms with Crippen LogP contribution in [0.25, 0.3) is 11.0 Å². The van der Waals surface area contributed by atoms with Crippen LogP contribution in [0.3, 0.4) is 0 Å². The zero-order valence-corrected chi connectivity index (χ0v) is 17.6. The van der Waals surface area contributed by atoms with Gasteiger partial charge in [0.15, 0.2) is 0 Å². The molecule has 6 nitrogen and oxygen atoms in total. The lowest BCUT2D eigenvalue weighted by Crippen LogP contribution is -2.42. The molecule has 158 valence electrons. The molecule has 0 aliphatic carbocycles. The fraction of sp³-hybridized carbons (Fsp3) is 0.333. The van der Waals surface area contributed by atoms with Gasteiger partial charge in [-0.15, -0.1) is 0 Å². The van der Waals surface area contributed by atoms with Crippen LogP contribution >= 0.6 is 0 Å². The maximum atomic E-state index is 12.8. The summed E-state index contributed by atoms with van der Waals surface area (Å²) < 4.78 is 5.30. The highest BCUT2D eigenvalue weighted by Crippen LogP contribution is 2.28. The highest BCUT2D eigenvalue weighted by molar-refractivity contribution is 5.94. The van der Waals surface area contributed by atoms with E-state index < -0.39 is 11.7 Å². The van der Waals surface area contributed by atoms with Crippen molar-refractivity contribution in [3.63, 3.8) is 0 Å². The van der Waals surface area contributed by atoms with Gasteiger partial charge in [0.2, 0.25) is 5.91 Å². The topological polar surface area (TPSA) is 82.8 Å². The lowest BCUT2D eigenvalue weighted by atomic mass is 10.0. The third-order valence-corrected chi connectivity index (χ3v) is 5.26. The Morgan fingerprint density at radius 1 is 1.13 bits per heavy atom. The molecule has 3 rings (SSSR count). The molecule has 0 aliphatic heterocycles. The molecule has 1 aromatic heterocycles. The number of fused-ring (bicyclic) bond motifs is 1. The average Bonchev–Trinajstić information content (AvgIpc) is 2.73. The van der Waals surface area contributed by atoms with Crippen LogP contribution in [0, 0.1) is 0 Å². The van der Waals surface area contributed by atoms with Crippen LogP contribution in [0.2, 0.25) is 0 Å². The number of amides is 1. The van der Waals surface area contributed by atoms with E-state index in [1.165, 1.54) is 12.1 Å². The Labute approximate surface area is 176 Å². The Bertz CT molecular complexity index is 1080. The van der Waals surface area contributed by atoms with Crippen LogP contribution in [0.5, 0.6) is 5.75 Å². The van der Waals surface area contributed by atoms with E-state index in [0.717, 1.165) is 28.6 Å². The van der Waals surface area contributed by atoms with Crippen molar-refractivity contribution in [2.24, 2.45) is 0 Å². The SMILES string of the molecule is CCCN(Cc1cc(=O)oc2cc(O)c(CC)cc12)C(C)C(=O)Nc1ccccc1. The Morgan fingerprint density at radius 2 is 1.87 bits per heavy atom. The molecule has 0 bridgehead atoms. The van der Waals surface area contributed by atoms with E-state index in [1.54, 1.807) is 0 Å². The second-order valence-electron chi connectivity index (χ2n) is 7.42. The van der Waals surface area contributed by atoms with E-state index in [9.17, 15) is 14.7 Å². The van der Waals surface area contributed by atoms with Crippen molar-refractivity contribution >= 4 is 22.6 Å². The lowest BCUT2D eigenvalue weighted by Gasteiger charge is -2.28. The third-order valence-electron chi connectivity index (χ3n) is 5.26. The van der Waals surface area contributed by atoms with Gasteiger partial charge in [-0.2, -0.15) is 0 Å². The molecule has 1 atom stereocenters. The van der Waals surface area contributed by atoms with E-state index in [-0.39, 0.29) is 11.7 Å². The largest absolute Gasteiger partial charge is 0.508 e. The minimum atomic E-state index is -0.473. The zero-order chi connectivity index (χ0) is 21.7. The molecular formula is C24H28N2O4. The Hall–Kier alpha value is -3.12. The maximum Gasteiger partial charge on any atom is 0.336 e. The summed E-state index contributed by atoms with van der Waals surface area (Å²) in [6.07, 6.45) is 1.53. The quantitative estimate of drug-likeness (QED) is 0.543. The number of carbonyl (C=O) groups excluding carboxylic acids is 1. The minimum absolute atomic E-state index is 0.103. The van der Waals surface area contributed by atoms with Crippen LogP contribution in [0.15, 0.2) is 57.7 Å². The van der Waals surface area contributed by atoms with Gasteiger partial charge < -0.3 is 14.8 Å². The van der Waals surface area contributed by atoms with Crippen molar-refractivity contribution in [3.05, 3.63) is 70.1 Å². The molecular weight excluding hydrogens is 380 g/mol. The van der Waals surface area contributed by atoms with Gasteiger partial charge in [0, 0.05) is 29.8 Å². The summed E-state index contributed by atoms with van der Waals surface area (Å²) in [5, 5.41) is 13.9. The van der Waals surface area contributed by atoms with Crippen molar-refractivity contribution in [2.45, 2.75) is 46.2 Å². The first-order valence-electron chi connectivity index (χ1n) is 10.3. The molecule has 2 aromatic carbocycles. The molecule has 0 saturated carbocycles. The number of phenolic OH excluding ortho intramolecular Hbond substituents is 1. The zero-order valence-electron chi connectivity index (χ0n) is 17.6. The summed E-state index contributed by atoms with van der Waals surface area (Å²) >= 11 is 0. The van der Waals surface area contributed by atoms with Gasteiger partial charge in [0.25, 0.3) is 0 Å². The predicted molar refractivity (Wildman–Crippen MR) is 119 cm³/mol. The summed E-state index contributed by atoms with van der Waals surface area (Å²) in [4.78, 5) is 27.0. The fourth-order valence-corrected chi connectivity index (χ4v) is 3.57. The fourth-order valence-electron chi connectivity index (χ4n) is 3.57. The summed E-state index contributed by atoms with van der Waals surface area (Å²) in [5.41, 5.74) is 2.20. The first kappa shape index (κ1) is 21.6. The maximum absolute atomic E-state index is 12.8.